The van der Waals surface area contributed by atoms with Crippen LogP contribution in [0.5, 0.6) is 17.2 Å². The minimum absolute atomic E-state index is 0.0174. The Labute approximate surface area is 123 Å². The summed E-state index contributed by atoms with van der Waals surface area (Å²) in [6.45, 7) is 1.88. The second-order valence-electron chi connectivity index (χ2n) is 4.58. The van der Waals surface area contributed by atoms with Crippen LogP contribution < -0.4 is 14.8 Å². The minimum atomic E-state index is -0.354. The van der Waals surface area contributed by atoms with Crippen molar-refractivity contribution in [2.24, 2.45) is 0 Å². The van der Waals surface area contributed by atoms with Gasteiger partial charge < -0.3 is 19.9 Å². The second-order valence-corrected chi connectivity index (χ2v) is 4.58. The molecule has 2 aromatic carbocycles. The topological polar surface area (TPSA) is 67.8 Å². The molecule has 0 aromatic heterocycles. The van der Waals surface area contributed by atoms with E-state index in [2.05, 4.69) is 5.32 Å². The largest absolute Gasteiger partial charge is 0.506 e. The van der Waals surface area contributed by atoms with E-state index in [1.54, 1.807) is 30.3 Å². The predicted octanol–water partition coefficient (Wildman–Crippen LogP) is 2.97. The molecule has 0 bridgehead atoms. The van der Waals surface area contributed by atoms with E-state index in [1.165, 1.54) is 20.3 Å². The van der Waals surface area contributed by atoms with Gasteiger partial charge in [-0.05, 0) is 36.8 Å². The zero-order chi connectivity index (χ0) is 15.4. The van der Waals surface area contributed by atoms with Crippen molar-refractivity contribution in [2.75, 3.05) is 19.5 Å². The molecular weight excluding hydrogens is 270 g/mol. The lowest BCUT2D eigenvalue weighted by molar-refractivity contribution is 0.102. The molecule has 21 heavy (non-hydrogen) atoms. The Kier molecular flexibility index (Phi) is 4.33. The van der Waals surface area contributed by atoms with Gasteiger partial charge in [0, 0.05) is 11.6 Å². The lowest BCUT2D eigenvalue weighted by atomic mass is 10.1. The zero-order valence-corrected chi connectivity index (χ0v) is 12.1. The van der Waals surface area contributed by atoms with Gasteiger partial charge in [0.1, 0.15) is 17.2 Å². The van der Waals surface area contributed by atoms with Crippen LogP contribution in [0.15, 0.2) is 36.4 Å². The van der Waals surface area contributed by atoms with Crippen LogP contribution in [0.1, 0.15) is 15.9 Å². The third-order valence-corrected chi connectivity index (χ3v) is 3.01. The molecule has 0 radical (unpaired) electrons. The molecule has 1 amide bonds. The number of hydrogen-bond donors (Lipinski definition) is 2. The summed E-state index contributed by atoms with van der Waals surface area (Å²) in [5.41, 5.74) is 1.68. The van der Waals surface area contributed by atoms with Gasteiger partial charge in [-0.25, -0.2) is 0 Å². The molecule has 0 atom stereocenters. The summed E-state index contributed by atoms with van der Waals surface area (Å²) < 4.78 is 10.3. The molecule has 2 N–H and O–H groups in total. The molecule has 5 heteroatoms. The summed E-state index contributed by atoms with van der Waals surface area (Å²) in [6.07, 6.45) is 0. The molecule has 110 valence electrons. The number of hydrogen-bond acceptors (Lipinski definition) is 4. The maximum Gasteiger partial charge on any atom is 0.256 e. The first-order valence-electron chi connectivity index (χ1n) is 6.37. The first-order chi connectivity index (χ1) is 10.0. The van der Waals surface area contributed by atoms with Crippen LogP contribution in [0.25, 0.3) is 0 Å². The summed E-state index contributed by atoms with van der Waals surface area (Å²) in [5, 5.41) is 12.4. The summed E-state index contributed by atoms with van der Waals surface area (Å²) in [7, 11) is 3.03. The fraction of sp³-hybridized carbons (Fsp3) is 0.188. The first kappa shape index (κ1) is 14.7. The Hall–Kier alpha value is -2.69. The average molecular weight is 287 g/mol. The summed E-state index contributed by atoms with van der Waals surface area (Å²) in [4.78, 5) is 12.3. The Morgan fingerprint density at radius 1 is 1.05 bits per heavy atom. The first-order valence-corrected chi connectivity index (χ1v) is 6.37. The van der Waals surface area contributed by atoms with Crippen molar-refractivity contribution in [3.05, 3.63) is 47.5 Å². The lowest BCUT2D eigenvalue weighted by Gasteiger charge is -2.10. The third-order valence-electron chi connectivity index (χ3n) is 3.01. The molecule has 0 saturated carbocycles. The van der Waals surface area contributed by atoms with Crippen molar-refractivity contribution in [1.29, 1.82) is 0 Å². The van der Waals surface area contributed by atoms with Gasteiger partial charge in [0.15, 0.2) is 0 Å². The van der Waals surface area contributed by atoms with Gasteiger partial charge >= 0.3 is 0 Å². The Morgan fingerprint density at radius 2 is 1.67 bits per heavy atom. The van der Waals surface area contributed by atoms with Crippen molar-refractivity contribution in [2.45, 2.75) is 6.92 Å². The smallest absolute Gasteiger partial charge is 0.256 e. The van der Waals surface area contributed by atoms with Crippen LogP contribution >= 0.6 is 0 Å². The second kappa shape index (κ2) is 6.17. The molecule has 0 aliphatic carbocycles. The highest BCUT2D eigenvalue weighted by Crippen LogP contribution is 2.26. The number of anilines is 1. The SMILES string of the molecule is COc1cc(OC)cc(C(=O)Nc2cc(C)ccc2O)c1. The van der Waals surface area contributed by atoms with E-state index >= 15 is 0 Å². The van der Waals surface area contributed by atoms with Gasteiger partial charge in [0.2, 0.25) is 0 Å². The number of carbonyl (C=O) groups excluding carboxylic acids is 1. The maximum absolute atomic E-state index is 12.3. The van der Waals surface area contributed by atoms with Gasteiger partial charge in [-0.1, -0.05) is 6.07 Å². The molecule has 0 spiro atoms. The molecule has 0 aliphatic heterocycles. The van der Waals surface area contributed by atoms with Crippen molar-refractivity contribution in [3.63, 3.8) is 0 Å². The van der Waals surface area contributed by atoms with Crippen LogP contribution in [0.3, 0.4) is 0 Å². The number of benzene rings is 2. The molecule has 5 nitrogen and oxygen atoms in total. The van der Waals surface area contributed by atoms with Gasteiger partial charge in [0.25, 0.3) is 5.91 Å². The number of carbonyl (C=O) groups is 1. The predicted molar refractivity (Wildman–Crippen MR) is 80.3 cm³/mol. The number of nitrogens with one attached hydrogen (secondary N) is 1. The van der Waals surface area contributed by atoms with E-state index in [9.17, 15) is 9.90 Å². The Bertz CT molecular complexity index is 645. The number of amides is 1. The van der Waals surface area contributed by atoms with Crippen LogP contribution in [0.2, 0.25) is 0 Å². The molecule has 0 fully saturated rings. The van der Waals surface area contributed by atoms with Gasteiger partial charge in [-0.3, -0.25) is 4.79 Å². The fourth-order valence-corrected chi connectivity index (χ4v) is 1.88. The molecule has 0 saturated heterocycles. The monoisotopic (exact) mass is 287 g/mol. The highest BCUT2D eigenvalue weighted by atomic mass is 16.5. The lowest BCUT2D eigenvalue weighted by Crippen LogP contribution is -2.12. The average Bonchev–Trinajstić information content (AvgIpc) is 2.50. The van der Waals surface area contributed by atoms with E-state index in [4.69, 9.17) is 9.47 Å². The van der Waals surface area contributed by atoms with Crippen molar-refractivity contribution in [3.8, 4) is 17.2 Å². The molecule has 0 heterocycles. The standard InChI is InChI=1S/C16H17NO4/c1-10-4-5-15(18)14(6-10)17-16(19)11-7-12(20-2)9-13(8-11)21-3/h4-9,18H,1-3H3,(H,17,19). The van der Waals surface area contributed by atoms with Crippen LogP contribution in [-0.2, 0) is 0 Å². The number of aryl methyl sites for hydroxylation is 1. The minimum Gasteiger partial charge on any atom is -0.506 e. The Morgan fingerprint density at radius 3 is 2.24 bits per heavy atom. The Balaban J connectivity index is 2.29. The van der Waals surface area contributed by atoms with E-state index in [0.29, 0.717) is 22.7 Å². The van der Waals surface area contributed by atoms with E-state index in [0.717, 1.165) is 5.56 Å². The third kappa shape index (κ3) is 3.45. The number of ether oxygens (including phenoxy) is 2. The molecule has 2 rings (SSSR count). The summed E-state index contributed by atoms with van der Waals surface area (Å²) in [5.74, 6) is 0.706. The number of phenols is 1. The van der Waals surface area contributed by atoms with E-state index < -0.39 is 0 Å². The van der Waals surface area contributed by atoms with Gasteiger partial charge in [0.05, 0.1) is 19.9 Å². The number of aromatic hydroxyl groups is 1. The maximum atomic E-state index is 12.3. The van der Waals surface area contributed by atoms with E-state index in [1.807, 2.05) is 6.92 Å². The van der Waals surface area contributed by atoms with Crippen molar-refractivity contribution >= 4 is 11.6 Å². The van der Waals surface area contributed by atoms with Crippen LogP contribution in [-0.4, -0.2) is 25.2 Å². The zero-order valence-electron chi connectivity index (χ0n) is 12.1. The molecular formula is C16H17NO4. The van der Waals surface area contributed by atoms with Crippen molar-refractivity contribution in [1.82, 2.24) is 0 Å². The van der Waals surface area contributed by atoms with Crippen molar-refractivity contribution < 1.29 is 19.4 Å². The summed E-state index contributed by atoms with van der Waals surface area (Å²) in [6, 6.07) is 9.89. The molecule has 2 aromatic rings. The normalized spacial score (nSPS) is 10.0. The molecule has 0 aliphatic rings. The van der Waals surface area contributed by atoms with Gasteiger partial charge in [-0.2, -0.15) is 0 Å². The number of methoxy groups -OCH3 is 2. The number of rotatable bonds is 4. The fourth-order valence-electron chi connectivity index (χ4n) is 1.88. The van der Waals surface area contributed by atoms with Crippen LogP contribution in [0, 0.1) is 6.92 Å². The van der Waals surface area contributed by atoms with Crippen LogP contribution in [0.4, 0.5) is 5.69 Å². The van der Waals surface area contributed by atoms with Gasteiger partial charge in [-0.15, -0.1) is 0 Å². The van der Waals surface area contributed by atoms with E-state index in [-0.39, 0.29) is 11.7 Å². The highest BCUT2D eigenvalue weighted by Gasteiger charge is 2.12. The quantitative estimate of drug-likeness (QED) is 0.848. The summed E-state index contributed by atoms with van der Waals surface area (Å²) >= 11 is 0. The number of phenolic OH excluding ortho intramolecular Hbond substituents is 1. The molecule has 0 unspecified atom stereocenters. The highest BCUT2D eigenvalue weighted by molar-refractivity contribution is 6.05.